The van der Waals surface area contributed by atoms with Crippen LogP contribution in [0.5, 0.6) is 5.75 Å². The number of nitrogens with one attached hydrogen (secondary N) is 2. The molecule has 112 valence electrons. The molecule has 0 aliphatic heterocycles. The number of urea groups is 1. The van der Waals surface area contributed by atoms with E-state index in [-0.39, 0.29) is 0 Å². The van der Waals surface area contributed by atoms with Crippen molar-refractivity contribution in [3.05, 3.63) is 42.0 Å². The molecular weight excluding hydrogens is 276 g/mol. The zero-order chi connectivity index (χ0) is 15.7. The number of para-hydroxylation sites is 1. The van der Waals surface area contributed by atoms with Crippen LogP contribution in [-0.2, 0) is 16.0 Å². The normalized spacial score (nSPS) is 10.1. The minimum atomic E-state index is -1.26. The van der Waals surface area contributed by atoms with Crippen LogP contribution in [0.3, 0.4) is 0 Å². The maximum absolute atomic E-state index is 11.4. The topological polar surface area (TPSA) is 105 Å². The van der Waals surface area contributed by atoms with E-state index in [4.69, 9.17) is 9.84 Å². The summed E-state index contributed by atoms with van der Waals surface area (Å²) in [7, 11) is 1.56. The number of hydrogen-bond donors (Lipinski definition) is 3. The number of ether oxygens (including phenoxy) is 1. The van der Waals surface area contributed by atoms with Crippen LogP contribution in [-0.4, -0.2) is 36.7 Å². The molecule has 21 heavy (non-hydrogen) atoms. The number of aliphatic carboxylic acids is 1. The molecule has 0 saturated heterocycles. The van der Waals surface area contributed by atoms with E-state index in [0.717, 1.165) is 17.4 Å². The molecule has 1 rings (SSSR count). The molecule has 1 aromatic carbocycles. The summed E-state index contributed by atoms with van der Waals surface area (Å²) in [4.78, 5) is 32.7. The highest BCUT2D eigenvalue weighted by Crippen LogP contribution is 2.17. The first kappa shape index (κ1) is 16.2. The molecular formula is C14H16N2O5. The molecule has 0 aliphatic carbocycles. The molecule has 3 amide bonds. The number of rotatable bonds is 6. The van der Waals surface area contributed by atoms with E-state index >= 15 is 0 Å². The second-order valence-electron chi connectivity index (χ2n) is 3.98. The number of carbonyl (C=O) groups is 3. The van der Waals surface area contributed by atoms with Gasteiger partial charge in [-0.15, -0.1) is 0 Å². The number of carboxylic acid groups (broad SMARTS) is 1. The zero-order valence-electron chi connectivity index (χ0n) is 11.5. The third-order valence-corrected chi connectivity index (χ3v) is 2.49. The summed E-state index contributed by atoms with van der Waals surface area (Å²) >= 11 is 0. The van der Waals surface area contributed by atoms with E-state index in [1.54, 1.807) is 7.11 Å². The Morgan fingerprint density at radius 1 is 1.24 bits per heavy atom. The van der Waals surface area contributed by atoms with E-state index in [0.29, 0.717) is 19.0 Å². The Labute approximate surface area is 121 Å². The molecule has 0 radical (unpaired) electrons. The summed E-state index contributed by atoms with van der Waals surface area (Å²) in [5, 5.41) is 12.8. The fourth-order valence-corrected chi connectivity index (χ4v) is 1.56. The smallest absolute Gasteiger partial charge is 0.328 e. The zero-order valence-corrected chi connectivity index (χ0v) is 11.5. The third-order valence-electron chi connectivity index (χ3n) is 2.49. The molecule has 7 nitrogen and oxygen atoms in total. The van der Waals surface area contributed by atoms with Crippen LogP contribution in [0.4, 0.5) is 4.79 Å². The van der Waals surface area contributed by atoms with E-state index in [1.807, 2.05) is 29.6 Å². The standard InChI is InChI=1S/C14H16N2O5/c1-21-11-5-3-2-4-10(11)8-9-15-14(20)16-12(17)6-7-13(18)19/h2-7H,8-9H2,1H3,(H,18,19)(H2,15,16,17,20)/b7-6+. The van der Waals surface area contributed by atoms with Crippen LogP contribution >= 0.6 is 0 Å². The third kappa shape index (κ3) is 6.24. The number of carboxylic acids is 1. The van der Waals surface area contributed by atoms with Crippen LogP contribution < -0.4 is 15.4 Å². The minimum Gasteiger partial charge on any atom is -0.496 e. The first-order chi connectivity index (χ1) is 10.0. The van der Waals surface area contributed by atoms with Gasteiger partial charge in [-0.2, -0.15) is 0 Å². The van der Waals surface area contributed by atoms with Crippen LogP contribution in [0.1, 0.15) is 5.56 Å². The number of methoxy groups -OCH3 is 1. The maximum atomic E-state index is 11.4. The molecule has 0 aromatic heterocycles. The number of hydrogen-bond acceptors (Lipinski definition) is 4. The van der Waals surface area contributed by atoms with Gasteiger partial charge >= 0.3 is 12.0 Å². The largest absolute Gasteiger partial charge is 0.496 e. The van der Waals surface area contributed by atoms with Gasteiger partial charge < -0.3 is 15.2 Å². The Morgan fingerprint density at radius 2 is 1.95 bits per heavy atom. The van der Waals surface area contributed by atoms with E-state index in [2.05, 4.69) is 5.32 Å². The Kier molecular flexibility index (Phi) is 6.46. The quantitative estimate of drug-likeness (QED) is 0.670. The fourth-order valence-electron chi connectivity index (χ4n) is 1.56. The van der Waals surface area contributed by atoms with Gasteiger partial charge in [0, 0.05) is 18.7 Å². The molecule has 0 aliphatic rings. The van der Waals surface area contributed by atoms with Crippen molar-refractivity contribution in [2.24, 2.45) is 0 Å². The van der Waals surface area contributed by atoms with Gasteiger partial charge in [-0.1, -0.05) is 18.2 Å². The summed E-state index contributed by atoms with van der Waals surface area (Å²) in [5.74, 6) is -1.34. The molecule has 3 N–H and O–H groups in total. The van der Waals surface area contributed by atoms with Gasteiger partial charge in [-0.25, -0.2) is 9.59 Å². The molecule has 0 atom stereocenters. The van der Waals surface area contributed by atoms with Gasteiger partial charge in [0.05, 0.1) is 7.11 Å². The van der Waals surface area contributed by atoms with Crippen molar-refractivity contribution in [2.75, 3.05) is 13.7 Å². The van der Waals surface area contributed by atoms with Gasteiger partial charge in [-0.3, -0.25) is 10.1 Å². The van der Waals surface area contributed by atoms with Gasteiger partial charge in [0.15, 0.2) is 0 Å². The Morgan fingerprint density at radius 3 is 2.62 bits per heavy atom. The van der Waals surface area contributed by atoms with Crippen LogP contribution in [0, 0.1) is 0 Å². The maximum Gasteiger partial charge on any atom is 0.328 e. The lowest BCUT2D eigenvalue weighted by Gasteiger charge is -2.09. The second kappa shape index (κ2) is 8.36. The van der Waals surface area contributed by atoms with Crippen molar-refractivity contribution < 1.29 is 24.2 Å². The molecule has 0 bridgehead atoms. The van der Waals surface area contributed by atoms with Crippen molar-refractivity contribution in [3.8, 4) is 5.75 Å². The lowest BCUT2D eigenvalue weighted by atomic mass is 10.1. The van der Waals surface area contributed by atoms with E-state index < -0.39 is 17.9 Å². The van der Waals surface area contributed by atoms with Crippen LogP contribution in [0.15, 0.2) is 36.4 Å². The first-order valence-electron chi connectivity index (χ1n) is 6.14. The molecule has 1 aromatic rings. The molecule has 0 fully saturated rings. The van der Waals surface area contributed by atoms with Crippen molar-refractivity contribution in [2.45, 2.75) is 6.42 Å². The van der Waals surface area contributed by atoms with Gasteiger partial charge in [-0.05, 0) is 18.1 Å². The predicted molar refractivity (Wildman–Crippen MR) is 75.0 cm³/mol. The highest BCUT2D eigenvalue weighted by Gasteiger charge is 2.06. The first-order valence-corrected chi connectivity index (χ1v) is 6.14. The van der Waals surface area contributed by atoms with E-state index in [9.17, 15) is 14.4 Å². The fraction of sp³-hybridized carbons (Fsp3) is 0.214. The molecule has 0 saturated carbocycles. The molecule has 0 unspecified atom stereocenters. The molecule has 0 spiro atoms. The van der Waals surface area contributed by atoms with Gasteiger partial charge in [0.2, 0.25) is 0 Å². The number of carbonyl (C=O) groups excluding carboxylic acids is 2. The Balaban J connectivity index is 2.37. The Hall–Kier alpha value is -2.83. The summed E-state index contributed by atoms with van der Waals surface area (Å²) in [6, 6.07) is 6.70. The average molecular weight is 292 g/mol. The van der Waals surface area contributed by atoms with Crippen molar-refractivity contribution in [3.63, 3.8) is 0 Å². The lowest BCUT2D eigenvalue weighted by Crippen LogP contribution is -2.39. The second-order valence-corrected chi connectivity index (χ2v) is 3.98. The monoisotopic (exact) mass is 292 g/mol. The predicted octanol–water partition coefficient (Wildman–Crippen LogP) is 0.704. The molecule has 0 heterocycles. The summed E-state index contributed by atoms with van der Waals surface area (Å²) < 4.78 is 5.17. The summed E-state index contributed by atoms with van der Waals surface area (Å²) in [6.45, 7) is 0.308. The summed E-state index contributed by atoms with van der Waals surface area (Å²) in [5.41, 5.74) is 0.928. The van der Waals surface area contributed by atoms with Gasteiger partial charge in [0.25, 0.3) is 5.91 Å². The van der Waals surface area contributed by atoms with Crippen molar-refractivity contribution in [1.29, 1.82) is 0 Å². The van der Waals surface area contributed by atoms with Crippen molar-refractivity contribution >= 4 is 17.9 Å². The van der Waals surface area contributed by atoms with Crippen molar-refractivity contribution in [1.82, 2.24) is 10.6 Å². The van der Waals surface area contributed by atoms with E-state index in [1.165, 1.54) is 0 Å². The highest BCUT2D eigenvalue weighted by atomic mass is 16.5. The number of amides is 3. The number of benzene rings is 1. The summed E-state index contributed by atoms with van der Waals surface area (Å²) in [6.07, 6.45) is 1.95. The Bertz CT molecular complexity index is 554. The average Bonchev–Trinajstić information content (AvgIpc) is 2.45. The highest BCUT2D eigenvalue weighted by molar-refractivity contribution is 6.02. The lowest BCUT2D eigenvalue weighted by molar-refractivity contribution is -0.131. The van der Waals surface area contributed by atoms with Crippen LogP contribution in [0.25, 0.3) is 0 Å². The minimum absolute atomic E-state index is 0.308. The molecule has 7 heteroatoms. The van der Waals surface area contributed by atoms with Crippen LogP contribution in [0.2, 0.25) is 0 Å². The van der Waals surface area contributed by atoms with Gasteiger partial charge in [0.1, 0.15) is 5.75 Å². The SMILES string of the molecule is COc1ccccc1CCNC(=O)NC(=O)/C=C/C(=O)O. The number of imide groups is 1.